The Morgan fingerprint density at radius 1 is 1.32 bits per heavy atom. The van der Waals surface area contributed by atoms with Crippen molar-refractivity contribution in [2.24, 2.45) is 0 Å². The van der Waals surface area contributed by atoms with Crippen molar-refractivity contribution in [2.45, 2.75) is 26.8 Å². The lowest BCUT2D eigenvalue weighted by atomic mass is 10.3. The highest BCUT2D eigenvalue weighted by molar-refractivity contribution is 6.36. The maximum Gasteiger partial charge on any atom is 0.244 e. The van der Waals surface area contributed by atoms with Crippen LogP contribution < -0.4 is 5.32 Å². The van der Waals surface area contributed by atoms with Gasteiger partial charge in [-0.2, -0.15) is 0 Å². The number of benzene rings is 1. The Balaban J connectivity index is 2.72. The first kappa shape index (κ1) is 15.8. The number of rotatable bonds is 4. The van der Waals surface area contributed by atoms with Crippen molar-refractivity contribution in [3.05, 3.63) is 28.2 Å². The standard InChI is InChI=1S/C13H16Cl2N2O2/c1-8(2)17(9(3)18)7-13(19)16-12-5-4-10(14)6-11(12)15/h4-6,8H,7H2,1-3H3,(H,16,19). The van der Waals surface area contributed by atoms with Crippen LogP contribution in [-0.4, -0.2) is 29.3 Å². The second kappa shape index (κ2) is 6.78. The summed E-state index contributed by atoms with van der Waals surface area (Å²) in [5, 5.41) is 3.51. The molecule has 0 heterocycles. The van der Waals surface area contributed by atoms with E-state index in [1.165, 1.54) is 11.8 Å². The van der Waals surface area contributed by atoms with Gasteiger partial charge in [0, 0.05) is 18.0 Å². The second-order valence-corrected chi connectivity index (χ2v) is 5.26. The number of hydrogen-bond acceptors (Lipinski definition) is 2. The molecule has 0 aromatic heterocycles. The number of nitrogens with zero attached hydrogens (tertiary/aromatic N) is 1. The molecule has 4 nitrogen and oxygen atoms in total. The van der Waals surface area contributed by atoms with Gasteiger partial charge in [0.1, 0.15) is 6.54 Å². The van der Waals surface area contributed by atoms with Gasteiger partial charge in [0.05, 0.1) is 10.7 Å². The quantitative estimate of drug-likeness (QED) is 0.928. The summed E-state index contributed by atoms with van der Waals surface area (Å²) in [6.45, 7) is 5.13. The molecule has 0 aliphatic heterocycles. The fourth-order valence-corrected chi connectivity index (χ4v) is 2.05. The van der Waals surface area contributed by atoms with Crippen molar-refractivity contribution in [3.8, 4) is 0 Å². The second-order valence-electron chi connectivity index (χ2n) is 4.41. The van der Waals surface area contributed by atoms with Gasteiger partial charge in [-0.05, 0) is 32.0 Å². The minimum Gasteiger partial charge on any atom is -0.331 e. The maximum atomic E-state index is 11.9. The number of amides is 2. The third-order valence-corrected chi connectivity index (χ3v) is 3.09. The van der Waals surface area contributed by atoms with Crippen LogP contribution in [-0.2, 0) is 9.59 Å². The van der Waals surface area contributed by atoms with Crippen LogP contribution in [0.2, 0.25) is 10.0 Å². The molecule has 0 aliphatic carbocycles. The van der Waals surface area contributed by atoms with Crippen LogP contribution >= 0.6 is 23.2 Å². The Kier molecular flexibility index (Phi) is 5.63. The summed E-state index contributed by atoms with van der Waals surface area (Å²) in [5.74, 6) is -0.444. The molecule has 1 aromatic carbocycles. The predicted molar refractivity (Wildman–Crippen MR) is 77.6 cm³/mol. The molecule has 6 heteroatoms. The van der Waals surface area contributed by atoms with Crippen LogP contribution in [0.15, 0.2) is 18.2 Å². The first-order valence-corrected chi connectivity index (χ1v) is 6.59. The highest BCUT2D eigenvalue weighted by atomic mass is 35.5. The average molecular weight is 303 g/mol. The van der Waals surface area contributed by atoms with Crippen molar-refractivity contribution in [1.82, 2.24) is 4.90 Å². The van der Waals surface area contributed by atoms with Crippen molar-refractivity contribution < 1.29 is 9.59 Å². The van der Waals surface area contributed by atoms with E-state index in [1.54, 1.807) is 18.2 Å². The van der Waals surface area contributed by atoms with E-state index in [9.17, 15) is 9.59 Å². The third-order valence-electron chi connectivity index (χ3n) is 2.55. The highest BCUT2D eigenvalue weighted by Gasteiger charge is 2.17. The third kappa shape index (κ3) is 4.73. The maximum absolute atomic E-state index is 11.9. The van der Waals surface area contributed by atoms with Gasteiger partial charge in [-0.15, -0.1) is 0 Å². The first-order chi connectivity index (χ1) is 8.81. The Morgan fingerprint density at radius 2 is 1.95 bits per heavy atom. The van der Waals surface area contributed by atoms with E-state index in [-0.39, 0.29) is 24.4 Å². The summed E-state index contributed by atoms with van der Waals surface area (Å²) in [7, 11) is 0. The molecule has 0 spiro atoms. The molecule has 1 aromatic rings. The van der Waals surface area contributed by atoms with Crippen LogP contribution in [0.5, 0.6) is 0 Å². The summed E-state index contributed by atoms with van der Waals surface area (Å²) in [6, 6.07) is 4.76. The molecule has 0 bridgehead atoms. The smallest absolute Gasteiger partial charge is 0.244 e. The average Bonchev–Trinajstić information content (AvgIpc) is 2.29. The monoisotopic (exact) mass is 302 g/mol. The molecule has 19 heavy (non-hydrogen) atoms. The number of nitrogens with one attached hydrogen (secondary N) is 1. The van der Waals surface area contributed by atoms with E-state index >= 15 is 0 Å². The van der Waals surface area contributed by atoms with E-state index in [1.807, 2.05) is 13.8 Å². The van der Waals surface area contributed by atoms with E-state index in [4.69, 9.17) is 23.2 Å². The van der Waals surface area contributed by atoms with E-state index in [2.05, 4.69) is 5.32 Å². The van der Waals surface area contributed by atoms with Gasteiger partial charge in [0.25, 0.3) is 0 Å². The van der Waals surface area contributed by atoms with Gasteiger partial charge in [0.15, 0.2) is 0 Å². The molecule has 0 radical (unpaired) electrons. The van der Waals surface area contributed by atoms with E-state index in [0.29, 0.717) is 15.7 Å². The molecular weight excluding hydrogens is 287 g/mol. The SMILES string of the molecule is CC(=O)N(CC(=O)Nc1ccc(Cl)cc1Cl)C(C)C. The number of anilines is 1. The molecule has 1 N–H and O–H groups in total. The number of carbonyl (C=O) groups is 2. The Labute approximate surface area is 122 Å². The van der Waals surface area contributed by atoms with Crippen LogP contribution in [0.1, 0.15) is 20.8 Å². The molecule has 104 valence electrons. The summed E-state index contributed by atoms with van der Waals surface area (Å²) >= 11 is 11.7. The summed E-state index contributed by atoms with van der Waals surface area (Å²) in [5.41, 5.74) is 0.475. The van der Waals surface area contributed by atoms with Crippen molar-refractivity contribution in [3.63, 3.8) is 0 Å². The Morgan fingerprint density at radius 3 is 2.42 bits per heavy atom. The van der Waals surface area contributed by atoms with Crippen molar-refractivity contribution in [1.29, 1.82) is 0 Å². The molecular formula is C13H16Cl2N2O2. The van der Waals surface area contributed by atoms with E-state index in [0.717, 1.165) is 0 Å². The fraction of sp³-hybridized carbons (Fsp3) is 0.385. The summed E-state index contributed by atoms with van der Waals surface area (Å²) < 4.78 is 0. The number of halogens is 2. The zero-order valence-electron chi connectivity index (χ0n) is 11.0. The van der Waals surface area contributed by atoms with Gasteiger partial charge in [0.2, 0.25) is 11.8 Å². The summed E-state index contributed by atoms with van der Waals surface area (Å²) in [6.07, 6.45) is 0. The lowest BCUT2D eigenvalue weighted by molar-refractivity contribution is -0.134. The lowest BCUT2D eigenvalue weighted by Gasteiger charge is -2.24. The molecule has 0 unspecified atom stereocenters. The fourth-order valence-electron chi connectivity index (χ4n) is 1.59. The predicted octanol–water partition coefficient (Wildman–Crippen LogP) is 3.19. The highest BCUT2D eigenvalue weighted by Crippen LogP contribution is 2.25. The van der Waals surface area contributed by atoms with Gasteiger partial charge in [-0.25, -0.2) is 0 Å². The zero-order valence-corrected chi connectivity index (χ0v) is 12.5. The Hall–Kier alpha value is -1.26. The molecule has 0 fully saturated rings. The molecule has 0 aliphatic rings. The van der Waals surface area contributed by atoms with Crippen molar-refractivity contribution >= 4 is 40.7 Å². The topological polar surface area (TPSA) is 49.4 Å². The largest absolute Gasteiger partial charge is 0.331 e. The number of hydrogen-bond donors (Lipinski definition) is 1. The van der Waals surface area contributed by atoms with Gasteiger partial charge in [-0.1, -0.05) is 23.2 Å². The van der Waals surface area contributed by atoms with Crippen LogP contribution in [0.4, 0.5) is 5.69 Å². The van der Waals surface area contributed by atoms with Crippen molar-refractivity contribution in [2.75, 3.05) is 11.9 Å². The normalized spacial score (nSPS) is 10.4. The lowest BCUT2D eigenvalue weighted by Crippen LogP contribution is -2.41. The zero-order chi connectivity index (χ0) is 14.6. The van der Waals surface area contributed by atoms with Crippen LogP contribution in [0.25, 0.3) is 0 Å². The molecule has 0 saturated heterocycles. The van der Waals surface area contributed by atoms with Crippen LogP contribution in [0.3, 0.4) is 0 Å². The Bertz CT molecular complexity index is 490. The minimum atomic E-state index is -0.298. The minimum absolute atomic E-state index is 0.00798. The molecule has 0 saturated carbocycles. The number of carbonyl (C=O) groups excluding carboxylic acids is 2. The summed E-state index contributed by atoms with van der Waals surface area (Å²) in [4.78, 5) is 24.7. The molecule has 2 amide bonds. The molecule has 0 atom stereocenters. The molecule has 1 rings (SSSR count). The van der Waals surface area contributed by atoms with Gasteiger partial charge >= 0.3 is 0 Å². The van der Waals surface area contributed by atoms with Crippen LogP contribution in [0, 0.1) is 0 Å². The van der Waals surface area contributed by atoms with Gasteiger partial charge < -0.3 is 10.2 Å². The van der Waals surface area contributed by atoms with Gasteiger partial charge in [-0.3, -0.25) is 9.59 Å². The van der Waals surface area contributed by atoms with E-state index < -0.39 is 0 Å². The first-order valence-electron chi connectivity index (χ1n) is 5.83.